The molecule has 2 amide bonds. The van der Waals surface area contributed by atoms with Crippen LogP contribution in [0.4, 0.5) is 23.7 Å². The standard InChI is InChI=1S/C22H26F3N5O2/c1-16(31)27(2)19-11-26-30(13-19)20(32)29-14-21(15-29)7-9-28(10-8-21)12-17-3-5-18(6-4-17)22(23,24)25/h3-6,11,13H,7-10,12,14-15H2,1-2H3. The predicted octanol–water partition coefficient (Wildman–Crippen LogP) is 3.45. The molecule has 0 bridgehead atoms. The van der Waals surface area contributed by atoms with Gasteiger partial charge in [-0.15, -0.1) is 0 Å². The largest absolute Gasteiger partial charge is 0.416 e. The zero-order valence-corrected chi connectivity index (χ0v) is 18.1. The van der Waals surface area contributed by atoms with Crippen LogP contribution in [0.5, 0.6) is 0 Å². The first kappa shape index (κ1) is 22.3. The number of alkyl halides is 3. The lowest BCUT2D eigenvalue weighted by Crippen LogP contribution is -2.62. The van der Waals surface area contributed by atoms with Crippen LogP contribution in [0.25, 0.3) is 0 Å². The fourth-order valence-electron chi connectivity index (χ4n) is 4.38. The van der Waals surface area contributed by atoms with Gasteiger partial charge in [0.05, 0.1) is 23.6 Å². The number of halogens is 3. The first-order valence-electron chi connectivity index (χ1n) is 10.5. The Bertz CT molecular complexity index is 986. The zero-order chi connectivity index (χ0) is 23.1. The fraction of sp³-hybridized carbons (Fsp3) is 0.500. The monoisotopic (exact) mass is 449 g/mol. The van der Waals surface area contributed by atoms with Crippen molar-refractivity contribution >= 4 is 17.6 Å². The second-order valence-electron chi connectivity index (χ2n) is 8.83. The molecule has 0 unspecified atom stereocenters. The summed E-state index contributed by atoms with van der Waals surface area (Å²) in [5.41, 5.74) is 0.899. The second kappa shape index (κ2) is 8.23. The summed E-state index contributed by atoms with van der Waals surface area (Å²) in [5, 5.41) is 4.09. The van der Waals surface area contributed by atoms with E-state index in [0.717, 1.165) is 43.6 Å². The molecule has 3 heterocycles. The molecule has 0 radical (unpaired) electrons. The first-order chi connectivity index (χ1) is 15.1. The number of piperidine rings is 1. The third-order valence-electron chi connectivity index (χ3n) is 6.55. The van der Waals surface area contributed by atoms with Crippen LogP contribution in [0.15, 0.2) is 36.7 Å². The third-order valence-corrected chi connectivity index (χ3v) is 6.55. The molecule has 2 aliphatic heterocycles. The number of carbonyl (C=O) groups excluding carboxylic acids is 2. The molecular weight excluding hydrogens is 423 g/mol. The summed E-state index contributed by atoms with van der Waals surface area (Å²) in [5.74, 6) is -0.136. The fourth-order valence-corrected chi connectivity index (χ4v) is 4.38. The van der Waals surface area contributed by atoms with Gasteiger partial charge in [-0.1, -0.05) is 12.1 Å². The number of anilines is 1. The van der Waals surface area contributed by atoms with Crippen LogP contribution < -0.4 is 4.90 Å². The molecule has 10 heteroatoms. The van der Waals surface area contributed by atoms with E-state index in [1.54, 1.807) is 30.3 Å². The van der Waals surface area contributed by atoms with Crippen molar-refractivity contribution in [1.82, 2.24) is 19.6 Å². The Labute approximate surface area is 184 Å². The van der Waals surface area contributed by atoms with Gasteiger partial charge in [0.1, 0.15) is 0 Å². The van der Waals surface area contributed by atoms with Crippen molar-refractivity contribution in [2.75, 3.05) is 38.1 Å². The van der Waals surface area contributed by atoms with Gasteiger partial charge < -0.3 is 9.80 Å². The highest BCUT2D eigenvalue weighted by Crippen LogP contribution is 2.41. The van der Waals surface area contributed by atoms with Gasteiger partial charge in [-0.05, 0) is 43.6 Å². The Morgan fingerprint density at radius 2 is 1.75 bits per heavy atom. The maximum absolute atomic E-state index is 12.7. The van der Waals surface area contributed by atoms with E-state index in [1.807, 2.05) is 0 Å². The molecule has 4 rings (SSSR count). The lowest BCUT2D eigenvalue weighted by molar-refractivity contribution is -0.137. The summed E-state index contributed by atoms with van der Waals surface area (Å²) in [6, 6.07) is 5.14. The van der Waals surface area contributed by atoms with Gasteiger partial charge in [0.2, 0.25) is 5.91 Å². The maximum Gasteiger partial charge on any atom is 0.416 e. The molecule has 0 N–H and O–H groups in total. The van der Waals surface area contributed by atoms with E-state index in [2.05, 4.69) is 10.00 Å². The number of hydrogen-bond donors (Lipinski definition) is 0. The van der Waals surface area contributed by atoms with E-state index in [4.69, 9.17) is 0 Å². The Hall–Kier alpha value is -2.88. The van der Waals surface area contributed by atoms with E-state index in [-0.39, 0.29) is 17.4 Å². The summed E-state index contributed by atoms with van der Waals surface area (Å²) in [4.78, 5) is 29.6. The summed E-state index contributed by atoms with van der Waals surface area (Å²) < 4.78 is 39.4. The molecule has 0 aliphatic carbocycles. The zero-order valence-electron chi connectivity index (χ0n) is 18.1. The molecule has 0 saturated carbocycles. The van der Waals surface area contributed by atoms with E-state index in [0.29, 0.717) is 25.3 Å². The van der Waals surface area contributed by atoms with E-state index >= 15 is 0 Å². The number of benzene rings is 1. The van der Waals surface area contributed by atoms with Crippen LogP contribution >= 0.6 is 0 Å². The lowest BCUT2D eigenvalue weighted by atomic mass is 9.72. The quantitative estimate of drug-likeness (QED) is 0.720. The van der Waals surface area contributed by atoms with Gasteiger partial charge in [0, 0.05) is 39.0 Å². The molecule has 1 aromatic carbocycles. The van der Waals surface area contributed by atoms with Crippen molar-refractivity contribution in [2.24, 2.45) is 5.41 Å². The Balaban J connectivity index is 1.27. The van der Waals surface area contributed by atoms with Crippen LogP contribution in [0, 0.1) is 5.41 Å². The van der Waals surface area contributed by atoms with E-state index in [1.165, 1.54) is 22.7 Å². The van der Waals surface area contributed by atoms with Gasteiger partial charge in [0.25, 0.3) is 0 Å². The van der Waals surface area contributed by atoms with Gasteiger partial charge in [-0.25, -0.2) is 4.79 Å². The van der Waals surface area contributed by atoms with Gasteiger partial charge >= 0.3 is 12.2 Å². The normalized spacial score (nSPS) is 18.5. The second-order valence-corrected chi connectivity index (χ2v) is 8.83. The molecular formula is C22H26F3N5O2. The molecule has 1 spiro atoms. The summed E-state index contributed by atoms with van der Waals surface area (Å²) >= 11 is 0. The average Bonchev–Trinajstić information content (AvgIpc) is 3.21. The number of amides is 2. The first-order valence-corrected chi connectivity index (χ1v) is 10.5. The lowest BCUT2D eigenvalue weighted by Gasteiger charge is -2.53. The highest BCUT2D eigenvalue weighted by atomic mass is 19.4. The van der Waals surface area contributed by atoms with Crippen LogP contribution in [-0.2, 0) is 17.5 Å². The van der Waals surface area contributed by atoms with Crippen LogP contribution in [-0.4, -0.2) is 64.7 Å². The molecule has 2 fully saturated rings. The van der Waals surface area contributed by atoms with Crippen molar-refractivity contribution in [2.45, 2.75) is 32.5 Å². The Kier molecular flexibility index (Phi) is 5.74. The molecule has 172 valence electrons. The third kappa shape index (κ3) is 4.50. The highest BCUT2D eigenvalue weighted by molar-refractivity contribution is 5.91. The Morgan fingerprint density at radius 1 is 1.12 bits per heavy atom. The molecule has 7 nitrogen and oxygen atoms in total. The molecule has 0 atom stereocenters. The SMILES string of the molecule is CC(=O)N(C)c1cnn(C(=O)N2CC3(CCN(Cc4ccc(C(F)(F)F)cc4)CC3)C2)c1. The van der Waals surface area contributed by atoms with Gasteiger partial charge in [-0.2, -0.15) is 23.0 Å². The average molecular weight is 449 g/mol. The minimum Gasteiger partial charge on any atom is -0.322 e. The van der Waals surface area contributed by atoms with Crippen molar-refractivity contribution < 1.29 is 22.8 Å². The highest BCUT2D eigenvalue weighted by Gasteiger charge is 2.47. The predicted molar refractivity (Wildman–Crippen MR) is 112 cm³/mol. The molecule has 2 saturated heterocycles. The van der Waals surface area contributed by atoms with Gasteiger partial charge in [0.15, 0.2) is 0 Å². The number of aromatic nitrogens is 2. The number of carbonyl (C=O) groups is 2. The van der Waals surface area contributed by atoms with Crippen LogP contribution in [0.1, 0.15) is 30.9 Å². The van der Waals surface area contributed by atoms with Crippen molar-refractivity contribution in [3.63, 3.8) is 0 Å². The molecule has 1 aromatic heterocycles. The van der Waals surface area contributed by atoms with E-state index < -0.39 is 11.7 Å². The summed E-state index contributed by atoms with van der Waals surface area (Å²) in [6.07, 6.45) is 0.615. The summed E-state index contributed by atoms with van der Waals surface area (Å²) in [6.45, 7) is 5.09. The molecule has 2 aliphatic rings. The number of hydrogen-bond acceptors (Lipinski definition) is 4. The van der Waals surface area contributed by atoms with E-state index in [9.17, 15) is 22.8 Å². The summed E-state index contributed by atoms with van der Waals surface area (Å²) in [7, 11) is 1.63. The molecule has 32 heavy (non-hydrogen) atoms. The van der Waals surface area contributed by atoms with Crippen LogP contribution in [0.2, 0.25) is 0 Å². The number of likely N-dealkylation sites (tertiary alicyclic amines) is 2. The minimum atomic E-state index is -4.31. The van der Waals surface area contributed by atoms with Crippen LogP contribution in [0.3, 0.4) is 0 Å². The Morgan fingerprint density at radius 3 is 2.31 bits per heavy atom. The minimum absolute atomic E-state index is 0.0957. The maximum atomic E-state index is 12.7. The topological polar surface area (TPSA) is 61.7 Å². The smallest absolute Gasteiger partial charge is 0.322 e. The number of nitrogens with zero attached hydrogens (tertiary/aromatic N) is 5. The van der Waals surface area contributed by atoms with Crippen molar-refractivity contribution in [3.8, 4) is 0 Å². The molecule has 2 aromatic rings. The van der Waals surface area contributed by atoms with Crippen molar-refractivity contribution in [1.29, 1.82) is 0 Å². The van der Waals surface area contributed by atoms with Crippen molar-refractivity contribution in [3.05, 3.63) is 47.8 Å². The number of rotatable bonds is 3. The van der Waals surface area contributed by atoms with Gasteiger partial charge in [-0.3, -0.25) is 9.69 Å².